The minimum absolute atomic E-state index is 0.0675. The maximum atomic E-state index is 12.9. The van der Waals surface area contributed by atoms with Crippen molar-refractivity contribution < 1.29 is 9.53 Å². The van der Waals surface area contributed by atoms with Crippen LogP contribution in [0.25, 0.3) is 5.69 Å². The monoisotopic (exact) mass is 351 g/mol. The van der Waals surface area contributed by atoms with Gasteiger partial charge in [-0.15, -0.1) is 0 Å². The number of aromatic nitrogens is 4. The van der Waals surface area contributed by atoms with E-state index >= 15 is 0 Å². The Morgan fingerprint density at radius 3 is 2.77 bits per heavy atom. The predicted molar refractivity (Wildman–Crippen MR) is 96.2 cm³/mol. The van der Waals surface area contributed by atoms with E-state index in [0.29, 0.717) is 25.5 Å². The summed E-state index contributed by atoms with van der Waals surface area (Å²) in [6.07, 6.45) is 1.59. The Hall–Kier alpha value is -2.93. The lowest BCUT2D eigenvalue weighted by Crippen LogP contribution is -2.44. The molecule has 0 unspecified atom stereocenters. The smallest absolute Gasteiger partial charge is 0.272 e. The number of aromatic amines is 1. The van der Waals surface area contributed by atoms with Gasteiger partial charge in [-0.25, -0.2) is 4.68 Å². The molecule has 26 heavy (non-hydrogen) atoms. The lowest BCUT2D eigenvalue weighted by atomic mass is 10.0. The summed E-state index contributed by atoms with van der Waals surface area (Å²) in [5.41, 5.74) is 4.46. The van der Waals surface area contributed by atoms with Gasteiger partial charge < -0.3 is 9.64 Å². The first-order chi connectivity index (χ1) is 12.7. The van der Waals surface area contributed by atoms with Gasteiger partial charge in [-0.3, -0.25) is 9.89 Å². The van der Waals surface area contributed by atoms with Gasteiger partial charge in [0.15, 0.2) is 0 Å². The Bertz CT molecular complexity index is 902. The second-order valence-corrected chi connectivity index (χ2v) is 6.39. The zero-order chi connectivity index (χ0) is 18.1. The number of nitrogens with one attached hydrogen (secondary N) is 1. The van der Waals surface area contributed by atoms with Crippen LogP contribution in [0.5, 0.6) is 0 Å². The first kappa shape index (κ1) is 16.5. The van der Waals surface area contributed by atoms with Gasteiger partial charge in [-0.1, -0.05) is 18.2 Å². The van der Waals surface area contributed by atoms with E-state index in [0.717, 1.165) is 22.6 Å². The van der Waals surface area contributed by atoms with Crippen molar-refractivity contribution in [2.24, 2.45) is 0 Å². The number of H-pyrrole nitrogens is 1. The fourth-order valence-electron chi connectivity index (χ4n) is 3.57. The maximum absolute atomic E-state index is 12.9. The third-order valence-corrected chi connectivity index (χ3v) is 4.80. The van der Waals surface area contributed by atoms with Crippen LogP contribution in [0.1, 0.15) is 33.5 Å². The van der Waals surface area contributed by atoms with Crippen LogP contribution >= 0.6 is 0 Å². The zero-order valence-corrected chi connectivity index (χ0v) is 14.8. The molecule has 3 aromatic rings. The molecule has 1 aromatic carbocycles. The lowest BCUT2D eigenvalue weighted by molar-refractivity contribution is -0.00334. The summed E-state index contributed by atoms with van der Waals surface area (Å²) in [6, 6.07) is 11.5. The highest BCUT2D eigenvalue weighted by molar-refractivity contribution is 5.92. The van der Waals surface area contributed by atoms with E-state index in [1.165, 1.54) is 0 Å². The molecule has 4 rings (SSSR count). The van der Waals surface area contributed by atoms with E-state index in [1.807, 2.05) is 53.8 Å². The largest absolute Gasteiger partial charge is 0.377 e. The SMILES string of the molecule is Cc1nn(-c2ccccc2)c(C)c1[C@H]1COCCN1C(=O)c1ccn[nH]1. The topological polar surface area (TPSA) is 76.0 Å². The Balaban J connectivity index is 1.73. The van der Waals surface area contributed by atoms with Gasteiger partial charge in [0.1, 0.15) is 5.69 Å². The van der Waals surface area contributed by atoms with Crippen molar-refractivity contribution in [1.29, 1.82) is 0 Å². The zero-order valence-electron chi connectivity index (χ0n) is 14.8. The van der Waals surface area contributed by atoms with Crippen LogP contribution in [0.15, 0.2) is 42.6 Å². The van der Waals surface area contributed by atoms with Gasteiger partial charge in [0.05, 0.1) is 30.6 Å². The number of hydrogen-bond donors (Lipinski definition) is 1. The van der Waals surface area contributed by atoms with Crippen molar-refractivity contribution in [1.82, 2.24) is 24.9 Å². The summed E-state index contributed by atoms with van der Waals surface area (Å²) in [5, 5.41) is 11.4. The number of benzene rings is 1. The number of carbonyl (C=O) groups excluding carboxylic acids is 1. The van der Waals surface area contributed by atoms with Crippen molar-refractivity contribution in [3.05, 3.63) is 65.2 Å². The fraction of sp³-hybridized carbons (Fsp3) is 0.316. The molecule has 0 radical (unpaired) electrons. The van der Waals surface area contributed by atoms with E-state index < -0.39 is 0 Å². The predicted octanol–water partition coefficient (Wildman–Crippen LogP) is 2.43. The molecule has 1 amide bonds. The number of carbonyl (C=O) groups is 1. The molecular weight excluding hydrogens is 330 g/mol. The van der Waals surface area contributed by atoms with Crippen LogP contribution in [-0.4, -0.2) is 50.5 Å². The van der Waals surface area contributed by atoms with Crippen LogP contribution in [0.3, 0.4) is 0 Å². The molecule has 1 N–H and O–H groups in total. The second-order valence-electron chi connectivity index (χ2n) is 6.39. The molecule has 0 bridgehead atoms. The van der Waals surface area contributed by atoms with Crippen LogP contribution in [0.2, 0.25) is 0 Å². The van der Waals surface area contributed by atoms with Crippen molar-refractivity contribution in [3.8, 4) is 5.69 Å². The molecule has 0 saturated carbocycles. The molecule has 1 fully saturated rings. The van der Waals surface area contributed by atoms with Crippen LogP contribution in [0, 0.1) is 13.8 Å². The van der Waals surface area contributed by atoms with Crippen molar-refractivity contribution in [2.45, 2.75) is 19.9 Å². The molecule has 0 aliphatic carbocycles. The highest BCUT2D eigenvalue weighted by Gasteiger charge is 2.33. The summed E-state index contributed by atoms with van der Waals surface area (Å²) < 4.78 is 7.63. The van der Waals surface area contributed by atoms with Gasteiger partial charge in [0.25, 0.3) is 5.91 Å². The molecule has 134 valence electrons. The fourth-order valence-corrected chi connectivity index (χ4v) is 3.57. The standard InChI is InChI=1S/C19H21N5O2/c1-13-18(14(2)24(22-13)15-6-4-3-5-7-15)17-12-26-11-10-23(17)19(25)16-8-9-20-21-16/h3-9,17H,10-12H2,1-2H3,(H,20,21)/t17-/m1/s1. The summed E-state index contributed by atoms with van der Waals surface area (Å²) >= 11 is 0. The van der Waals surface area contributed by atoms with Crippen molar-refractivity contribution in [2.75, 3.05) is 19.8 Å². The molecule has 1 saturated heterocycles. The van der Waals surface area contributed by atoms with Crippen molar-refractivity contribution >= 4 is 5.91 Å². The number of rotatable bonds is 3. The minimum atomic E-state index is -0.169. The van der Waals surface area contributed by atoms with E-state index in [9.17, 15) is 4.79 Å². The second kappa shape index (κ2) is 6.76. The molecule has 1 aliphatic heterocycles. The number of amides is 1. The van der Waals surface area contributed by atoms with Gasteiger partial charge in [-0.2, -0.15) is 10.2 Å². The van der Waals surface area contributed by atoms with Gasteiger partial charge in [0.2, 0.25) is 0 Å². The van der Waals surface area contributed by atoms with E-state index in [4.69, 9.17) is 9.84 Å². The highest BCUT2D eigenvalue weighted by atomic mass is 16.5. The molecular formula is C19H21N5O2. The highest BCUT2D eigenvalue weighted by Crippen LogP contribution is 2.31. The molecule has 1 atom stereocenters. The molecule has 7 nitrogen and oxygen atoms in total. The average molecular weight is 351 g/mol. The van der Waals surface area contributed by atoms with E-state index in [-0.39, 0.29) is 11.9 Å². The Morgan fingerprint density at radius 1 is 1.23 bits per heavy atom. The maximum Gasteiger partial charge on any atom is 0.272 e. The van der Waals surface area contributed by atoms with Crippen molar-refractivity contribution in [3.63, 3.8) is 0 Å². The molecule has 1 aliphatic rings. The third kappa shape index (κ3) is 2.80. The van der Waals surface area contributed by atoms with Crippen LogP contribution in [0.4, 0.5) is 0 Å². The Kier molecular flexibility index (Phi) is 4.30. The quantitative estimate of drug-likeness (QED) is 0.786. The van der Waals surface area contributed by atoms with Crippen LogP contribution in [-0.2, 0) is 4.74 Å². The first-order valence-corrected chi connectivity index (χ1v) is 8.66. The number of hydrogen-bond acceptors (Lipinski definition) is 4. The molecule has 0 spiro atoms. The summed E-state index contributed by atoms with van der Waals surface area (Å²) in [6.45, 7) is 5.55. The number of para-hydroxylation sites is 1. The number of nitrogens with zero attached hydrogens (tertiary/aromatic N) is 4. The van der Waals surface area contributed by atoms with E-state index in [2.05, 4.69) is 10.2 Å². The lowest BCUT2D eigenvalue weighted by Gasteiger charge is -2.35. The number of ether oxygens (including phenoxy) is 1. The average Bonchev–Trinajstić information content (AvgIpc) is 3.30. The number of aryl methyl sites for hydroxylation is 1. The normalized spacial score (nSPS) is 17.5. The first-order valence-electron chi connectivity index (χ1n) is 8.66. The Morgan fingerprint density at radius 2 is 2.04 bits per heavy atom. The Labute approximate surface area is 151 Å². The summed E-state index contributed by atoms with van der Waals surface area (Å²) in [5.74, 6) is -0.0675. The van der Waals surface area contributed by atoms with Crippen LogP contribution < -0.4 is 0 Å². The number of morpholine rings is 1. The van der Waals surface area contributed by atoms with E-state index in [1.54, 1.807) is 12.3 Å². The molecule has 2 aromatic heterocycles. The third-order valence-electron chi connectivity index (χ3n) is 4.80. The molecule has 7 heteroatoms. The summed E-state index contributed by atoms with van der Waals surface area (Å²) in [7, 11) is 0. The van der Waals surface area contributed by atoms with Gasteiger partial charge >= 0.3 is 0 Å². The summed E-state index contributed by atoms with van der Waals surface area (Å²) in [4.78, 5) is 14.8. The molecule has 3 heterocycles. The minimum Gasteiger partial charge on any atom is -0.377 e. The van der Waals surface area contributed by atoms with Gasteiger partial charge in [0, 0.05) is 24.0 Å². The van der Waals surface area contributed by atoms with Gasteiger partial charge in [-0.05, 0) is 32.0 Å².